The minimum absolute atomic E-state index is 0.0739. The summed E-state index contributed by atoms with van der Waals surface area (Å²) in [4.78, 5) is 44.0. The first-order valence-electron chi connectivity index (χ1n) is 11.3. The Morgan fingerprint density at radius 2 is 1.94 bits per heavy atom. The zero-order valence-corrected chi connectivity index (χ0v) is 18.8. The van der Waals surface area contributed by atoms with E-state index < -0.39 is 0 Å². The highest BCUT2D eigenvalue weighted by Gasteiger charge is 2.24. The lowest BCUT2D eigenvalue weighted by molar-refractivity contribution is -0.133. The lowest BCUT2D eigenvalue weighted by atomic mass is 9.97. The highest BCUT2D eigenvalue weighted by molar-refractivity contribution is 5.93. The van der Waals surface area contributed by atoms with Gasteiger partial charge in [0.25, 0.3) is 11.5 Å². The van der Waals surface area contributed by atoms with Crippen LogP contribution < -0.4 is 10.9 Å². The van der Waals surface area contributed by atoms with Crippen molar-refractivity contribution in [3.8, 4) is 0 Å². The number of hydrogen-bond donors (Lipinski definition) is 1. The van der Waals surface area contributed by atoms with Crippen molar-refractivity contribution in [3.05, 3.63) is 88.4 Å². The van der Waals surface area contributed by atoms with Crippen molar-refractivity contribution in [2.75, 3.05) is 13.1 Å². The van der Waals surface area contributed by atoms with Crippen LogP contribution in [0.3, 0.4) is 0 Å². The molecule has 4 rings (SSSR count). The second-order valence-corrected chi connectivity index (χ2v) is 8.53. The number of hydrogen-bond acceptors (Lipinski definition) is 4. The van der Waals surface area contributed by atoms with Crippen molar-refractivity contribution in [1.29, 1.82) is 0 Å². The van der Waals surface area contributed by atoms with Crippen LogP contribution in [-0.4, -0.2) is 43.9 Å². The molecule has 1 saturated heterocycles. The molecule has 0 radical (unpaired) electrons. The third kappa shape index (κ3) is 5.77. The van der Waals surface area contributed by atoms with E-state index in [1.54, 1.807) is 6.20 Å². The van der Waals surface area contributed by atoms with Gasteiger partial charge in [0.1, 0.15) is 12.4 Å². The SMILES string of the molecule is Cc1nccn1C[C@H]1CCCN(C(=O)Cn2cc(C(=O)NCc3ccccc3)ccc2=O)C1. The van der Waals surface area contributed by atoms with Crippen LogP contribution in [-0.2, 0) is 24.4 Å². The predicted molar refractivity (Wildman–Crippen MR) is 125 cm³/mol. The van der Waals surface area contributed by atoms with Gasteiger partial charge in [0, 0.05) is 50.8 Å². The Labute approximate surface area is 192 Å². The van der Waals surface area contributed by atoms with Gasteiger partial charge in [-0.25, -0.2) is 4.98 Å². The standard InChI is InChI=1S/C25H29N5O3/c1-19-26-11-13-28(19)15-21-8-5-12-29(16-21)24(32)18-30-17-22(9-10-23(30)31)25(33)27-14-20-6-3-2-4-7-20/h2-4,6-7,9-11,13,17,21H,5,8,12,14-16,18H2,1H3,(H,27,33)/t21-/m1/s1. The number of amides is 2. The average molecular weight is 448 g/mol. The first kappa shape index (κ1) is 22.5. The molecular weight excluding hydrogens is 418 g/mol. The number of rotatable bonds is 7. The van der Waals surface area contributed by atoms with Crippen LogP contribution in [0.15, 0.2) is 65.8 Å². The first-order chi connectivity index (χ1) is 16.0. The van der Waals surface area contributed by atoms with E-state index in [0.717, 1.165) is 30.8 Å². The number of pyridine rings is 1. The lowest BCUT2D eigenvalue weighted by Gasteiger charge is -2.33. The summed E-state index contributed by atoms with van der Waals surface area (Å²) < 4.78 is 3.43. The van der Waals surface area contributed by atoms with Crippen LogP contribution in [0.1, 0.15) is 34.6 Å². The number of imidazole rings is 1. The fourth-order valence-electron chi connectivity index (χ4n) is 4.23. The predicted octanol–water partition coefficient (Wildman–Crippen LogP) is 2.22. The first-order valence-corrected chi connectivity index (χ1v) is 11.3. The number of carbonyl (C=O) groups excluding carboxylic acids is 2. The molecule has 0 aliphatic carbocycles. The quantitative estimate of drug-likeness (QED) is 0.602. The molecule has 1 N–H and O–H groups in total. The number of nitrogens with zero attached hydrogens (tertiary/aromatic N) is 4. The summed E-state index contributed by atoms with van der Waals surface area (Å²) in [5.74, 6) is 0.926. The van der Waals surface area contributed by atoms with E-state index in [1.807, 2.05) is 48.4 Å². The van der Waals surface area contributed by atoms with E-state index in [0.29, 0.717) is 31.1 Å². The zero-order valence-electron chi connectivity index (χ0n) is 18.8. The molecule has 1 fully saturated rings. The van der Waals surface area contributed by atoms with Gasteiger partial charge in [0.15, 0.2) is 0 Å². The van der Waals surface area contributed by atoms with E-state index >= 15 is 0 Å². The smallest absolute Gasteiger partial charge is 0.253 e. The molecular formula is C25H29N5O3. The summed E-state index contributed by atoms with van der Waals surface area (Å²) in [6, 6.07) is 12.4. The Bertz CT molecular complexity index is 1170. The fourth-order valence-corrected chi connectivity index (χ4v) is 4.23. The fraction of sp³-hybridized carbons (Fsp3) is 0.360. The molecule has 8 heteroatoms. The summed E-state index contributed by atoms with van der Waals surface area (Å²) in [5, 5.41) is 2.85. The molecule has 0 spiro atoms. The second-order valence-electron chi connectivity index (χ2n) is 8.53. The minimum Gasteiger partial charge on any atom is -0.348 e. The van der Waals surface area contributed by atoms with Crippen molar-refractivity contribution < 1.29 is 9.59 Å². The van der Waals surface area contributed by atoms with Gasteiger partial charge in [0.2, 0.25) is 5.91 Å². The molecule has 2 aromatic heterocycles. The highest BCUT2D eigenvalue weighted by Crippen LogP contribution is 2.19. The number of aryl methyl sites for hydroxylation is 1. The van der Waals surface area contributed by atoms with Crippen molar-refractivity contribution in [1.82, 2.24) is 24.3 Å². The van der Waals surface area contributed by atoms with Crippen molar-refractivity contribution >= 4 is 11.8 Å². The zero-order chi connectivity index (χ0) is 23.2. The molecule has 2 amide bonds. The molecule has 3 aromatic rings. The van der Waals surface area contributed by atoms with Crippen molar-refractivity contribution in [2.24, 2.45) is 5.92 Å². The van der Waals surface area contributed by atoms with Gasteiger partial charge in [-0.05, 0) is 37.3 Å². The van der Waals surface area contributed by atoms with Gasteiger partial charge in [0.05, 0.1) is 5.56 Å². The Morgan fingerprint density at radius 3 is 2.70 bits per heavy atom. The Morgan fingerprint density at radius 1 is 1.12 bits per heavy atom. The summed E-state index contributed by atoms with van der Waals surface area (Å²) in [7, 11) is 0. The number of benzene rings is 1. The normalized spacial score (nSPS) is 15.9. The molecule has 3 heterocycles. The average Bonchev–Trinajstić information content (AvgIpc) is 3.23. The third-order valence-corrected chi connectivity index (χ3v) is 6.10. The molecule has 0 unspecified atom stereocenters. The van der Waals surface area contributed by atoms with Gasteiger partial charge < -0.3 is 19.4 Å². The maximum absolute atomic E-state index is 13.0. The van der Waals surface area contributed by atoms with Crippen LogP contribution >= 0.6 is 0 Å². The molecule has 1 aliphatic rings. The van der Waals surface area contributed by atoms with Gasteiger partial charge in [-0.3, -0.25) is 14.4 Å². The van der Waals surface area contributed by atoms with Gasteiger partial charge in [-0.2, -0.15) is 0 Å². The van der Waals surface area contributed by atoms with E-state index in [1.165, 1.54) is 22.9 Å². The molecule has 0 bridgehead atoms. The van der Waals surface area contributed by atoms with E-state index in [-0.39, 0.29) is 23.9 Å². The number of piperidine rings is 1. The van der Waals surface area contributed by atoms with E-state index in [9.17, 15) is 14.4 Å². The second kappa shape index (κ2) is 10.3. The molecule has 33 heavy (non-hydrogen) atoms. The van der Waals surface area contributed by atoms with Crippen LogP contribution in [0.4, 0.5) is 0 Å². The van der Waals surface area contributed by atoms with Crippen LogP contribution in [0.2, 0.25) is 0 Å². The van der Waals surface area contributed by atoms with E-state index in [4.69, 9.17) is 0 Å². The summed E-state index contributed by atoms with van der Waals surface area (Å²) in [6.07, 6.45) is 7.21. The third-order valence-electron chi connectivity index (χ3n) is 6.10. The molecule has 1 aromatic carbocycles. The van der Waals surface area contributed by atoms with Crippen molar-refractivity contribution in [3.63, 3.8) is 0 Å². The Balaban J connectivity index is 1.37. The van der Waals surface area contributed by atoms with Crippen LogP contribution in [0.25, 0.3) is 0 Å². The van der Waals surface area contributed by atoms with Gasteiger partial charge in [-0.15, -0.1) is 0 Å². The minimum atomic E-state index is -0.300. The summed E-state index contributed by atoms with van der Waals surface area (Å²) >= 11 is 0. The van der Waals surface area contributed by atoms with Crippen molar-refractivity contribution in [2.45, 2.75) is 39.4 Å². The monoisotopic (exact) mass is 447 g/mol. The largest absolute Gasteiger partial charge is 0.348 e. The van der Waals surface area contributed by atoms with E-state index in [2.05, 4.69) is 14.9 Å². The van der Waals surface area contributed by atoms with Gasteiger partial charge in [-0.1, -0.05) is 30.3 Å². The Kier molecular flexibility index (Phi) is 7.02. The number of carbonyl (C=O) groups is 2. The number of nitrogens with one attached hydrogen (secondary N) is 1. The summed E-state index contributed by atoms with van der Waals surface area (Å²) in [6.45, 7) is 4.46. The maximum Gasteiger partial charge on any atom is 0.253 e. The molecule has 8 nitrogen and oxygen atoms in total. The maximum atomic E-state index is 13.0. The lowest BCUT2D eigenvalue weighted by Crippen LogP contribution is -2.43. The molecule has 1 aliphatic heterocycles. The molecule has 1 atom stereocenters. The highest BCUT2D eigenvalue weighted by atomic mass is 16.2. The number of aromatic nitrogens is 3. The molecule has 172 valence electrons. The topological polar surface area (TPSA) is 89.2 Å². The number of likely N-dealkylation sites (tertiary alicyclic amines) is 1. The van der Waals surface area contributed by atoms with Crippen LogP contribution in [0, 0.1) is 12.8 Å². The Hall–Kier alpha value is -3.68. The molecule has 0 saturated carbocycles. The van der Waals surface area contributed by atoms with Gasteiger partial charge >= 0.3 is 0 Å². The summed E-state index contributed by atoms with van der Waals surface area (Å²) in [5.41, 5.74) is 1.04. The van der Waals surface area contributed by atoms with Crippen LogP contribution in [0.5, 0.6) is 0 Å².